The fourth-order valence-electron chi connectivity index (χ4n) is 2.21. The van der Waals surface area contributed by atoms with E-state index in [-0.39, 0.29) is 11.8 Å². The lowest BCUT2D eigenvalue weighted by Crippen LogP contribution is -2.39. The van der Waals surface area contributed by atoms with Crippen molar-refractivity contribution in [3.05, 3.63) is 35.4 Å². The Hall–Kier alpha value is -0.830. The third-order valence-corrected chi connectivity index (χ3v) is 3.34. The van der Waals surface area contributed by atoms with Gasteiger partial charge in [0.25, 0.3) is 0 Å². The zero-order chi connectivity index (χ0) is 11.7. The van der Waals surface area contributed by atoms with Gasteiger partial charge in [-0.2, -0.15) is 0 Å². The molecule has 0 bridgehead atoms. The summed E-state index contributed by atoms with van der Waals surface area (Å²) in [5.41, 5.74) is 2.53. The molecule has 3 heteroatoms. The molecule has 2 nitrogen and oxygen atoms in total. The highest BCUT2D eigenvalue weighted by Crippen LogP contribution is 2.35. The molecule has 16 heavy (non-hydrogen) atoms. The fourth-order valence-corrected chi connectivity index (χ4v) is 2.65. The van der Waals surface area contributed by atoms with Gasteiger partial charge < -0.3 is 4.90 Å². The first kappa shape index (κ1) is 11.6. The molecule has 2 unspecified atom stereocenters. The van der Waals surface area contributed by atoms with Crippen LogP contribution in [-0.2, 0) is 11.2 Å². The predicted octanol–water partition coefficient (Wildman–Crippen LogP) is 2.57. The van der Waals surface area contributed by atoms with Crippen LogP contribution in [0.2, 0.25) is 0 Å². The van der Waals surface area contributed by atoms with E-state index in [1.54, 1.807) is 0 Å². The van der Waals surface area contributed by atoms with E-state index in [0.717, 1.165) is 13.0 Å². The summed E-state index contributed by atoms with van der Waals surface area (Å²) in [4.78, 5) is 14.3. The van der Waals surface area contributed by atoms with Crippen LogP contribution in [0.4, 0.5) is 0 Å². The number of amides is 1. The number of carbonyl (C=O) groups excluding carboxylic acids is 1. The van der Waals surface area contributed by atoms with Crippen LogP contribution in [0.3, 0.4) is 0 Å². The van der Waals surface area contributed by atoms with Gasteiger partial charge in [0.15, 0.2) is 0 Å². The lowest BCUT2D eigenvalue weighted by Gasteiger charge is -2.32. The van der Waals surface area contributed by atoms with E-state index in [9.17, 15) is 4.79 Å². The first-order chi connectivity index (χ1) is 7.59. The lowest BCUT2D eigenvalue weighted by atomic mass is 9.77. The summed E-state index contributed by atoms with van der Waals surface area (Å²) >= 11 is 3.47. The standard InChI is InChI=1S/C13H16BrNO/c1-9(14)8-15(2)13(16)12-7-10-5-3-4-6-11(10)12/h3-6,9,12H,7-8H2,1-2H3. The highest BCUT2D eigenvalue weighted by molar-refractivity contribution is 9.09. The summed E-state index contributed by atoms with van der Waals surface area (Å²) in [7, 11) is 1.88. The maximum atomic E-state index is 12.1. The van der Waals surface area contributed by atoms with Gasteiger partial charge in [-0.25, -0.2) is 0 Å². The van der Waals surface area contributed by atoms with Gasteiger partial charge in [-0.15, -0.1) is 0 Å². The SMILES string of the molecule is CC(Br)CN(C)C(=O)C1Cc2ccccc21. The summed E-state index contributed by atoms with van der Waals surface area (Å²) in [6.45, 7) is 2.82. The molecule has 1 aromatic carbocycles. The Bertz CT molecular complexity index is 403. The second kappa shape index (κ2) is 4.58. The molecule has 86 valence electrons. The molecule has 1 amide bonds. The van der Waals surface area contributed by atoms with Crippen molar-refractivity contribution in [3.63, 3.8) is 0 Å². The van der Waals surface area contributed by atoms with E-state index >= 15 is 0 Å². The molecule has 1 aromatic rings. The van der Waals surface area contributed by atoms with Crippen molar-refractivity contribution in [1.82, 2.24) is 4.90 Å². The topological polar surface area (TPSA) is 20.3 Å². The maximum Gasteiger partial charge on any atom is 0.230 e. The van der Waals surface area contributed by atoms with Crippen molar-refractivity contribution in [1.29, 1.82) is 0 Å². The van der Waals surface area contributed by atoms with Crippen LogP contribution in [0, 0.1) is 0 Å². The fraction of sp³-hybridized carbons (Fsp3) is 0.462. The van der Waals surface area contributed by atoms with Crippen LogP contribution in [0.15, 0.2) is 24.3 Å². The van der Waals surface area contributed by atoms with Gasteiger partial charge in [0, 0.05) is 18.4 Å². The number of rotatable bonds is 3. The quantitative estimate of drug-likeness (QED) is 0.780. The Morgan fingerprint density at radius 2 is 2.25 bits per heavy atom. The largest absolute Gasteiger partial charge is 0.344 e. The summed E-state index contributed by atoms with van der Waals surface area (Å²) in [5, 5.41) is 0. The second-order valence-electron chi connectivity index (χ2n) is 4.46. The van der Waals surface area contributed by atoms with Gasteiger partial charge in [0.2, 0.25) is 5.91 Å². The molecule has 1 aliphatic carbocycles. The molecule has 0 heterocycles. The normalized spacial score (nSPS) is 19.6. The molecule has 0 aliphatic heterocycles. The van der Waals surface area contributed by atoms with Crippen molar-refractivity contribution < 1.29 is 4.79 Å². The zero-order valence-corrected chi connectivity index (χ0v) is 11.2. The Balaban J connectivity index is 2.04. The predicted molar refractivity (Wildman–Crippen MR) is 68.9 cm³/mol. The molecule has 0 saturated carbocycles. The number of fused-ring (bicyclic) bond motifs is 1. The molecular weight excluding hydrogens is 266 g/mol. The zero-order valence-electron chi connectivity index (χ0n) is 9.61. The molecule has 0 aromatic heterocycles. The first-order valence-electron chi connectivity index (χ1n) is 5.56. The van der Waals surface area contributed by atoms with Crippen LogP contribution in [-0.4, -0.2) is 29.2 Å². The number of likely N-dealkylation sites (N-methyl/N-ethyl adjacent to an activating group) is 1. The van der Waals surface area contributed by atoms with Gasteiger partial charge in [-0.1, -0.05) is 47.1 Å². The van der Waals surface area contributed by atoms with E-state index in [1.165, 1.54) is 11.1 Å². The van der Waals surface area contributed by atoms with Gasteiger partial charge in [-0.05, 0) is 17.5 Å². The van der Waals surface area contributed by atoms with Crippen LogP contribution in [0.5, 0.6) is 0 Å². The molecule has 0 spiro atoms. The highest BCUT2D eigenvalue weighted by Gasteiger charge is 2.33. The second-order valence-corrected chi connectivity index (χ2v) is 6.02. The number of hydrogen-bond acceptors (Lipinski definition) is 1. The molecular formula is C13H16BrNO. The van der Waals surface area contributed by atoms with E-state index in [2.05, 4.69) is 35.0 Å². The minimum absolute atomic E-state index is 0.0902. The summed E-state index contributed by atoms with van der Waals surface area (Å²) in [5.74, 6) is 0.331. The molecule has 2 rings (SSSR count). The van der Waals surface area contributed by atoms with Crippen LogP contribution < -0.4 is 0 Å². The Morgan fingerprint density at radius 1 is 1.56 bits per heavy atom. The molecule has 2 atom stereocenters. The van der Waals surface area contributed by atoms with Gasteiger partial charge in [0.1, 0.15) is 0 Å². The highest BCUT2D eigenvalue weighted by atomic mass is 79.9. The van der Waals surface area contributed by atoms with Crippen LogP contribution >= 0.6 is 15.9 Å². The average Bonchev–Trinajstić information content (AvgIpc) is 2.18. The summed E-state index contributed by atoms with van der Waals surface area (Å²) in [6, 6.07) is 8.20. The van der Waals surface area contributed by atoms with Crippen molar-refractivity contribution in [2.24, 2.45) is 0 Å². The number of carbonyl (C=O) groups is 1. The lowest BCUT2D eigenvalue weighted by molar-refractivity contribution is -0.132. The first-order valence-corrected chi connectivity index (χ1v) is 6.48. The Labute approximate surface area is 105 Å². The van der Waals surface area contributed by atoms with Gasteiger partial charge >= 0.3 is 0 Å². The van der Waals surface area contributed by atoms with Gasteiger partial charge in [-0.3, -0.25) is 4.79 Å². The maximum absolute atomic E-state index is 12.1. The Morgan fingerprint density at radius 3 is 2.88 bits per heavy atom. The number of halogens is 1. The number of hydrogen-bond donors (Lipinski definition) is 0. The average molecular weight is 282 g/mol. The van der Waals surface area contributed by atoms with Crippen molar-refractivity contribution in [2.75, 3.05) is 13.6 Å². The smallest absolute Gasteiger partial charge is 0.230 e. The molecule has 0 saturated heterocycles. The third kappa shape index (κ3) is 2.14. The van der Waals surface area contributed by atoms with Crippen molar-refractivity contribution in [2.45, 2.75) is 24.1 Å². The molecule has 0 N–H and O–H groups in total. The third-order valence-electron chi connectivity index (χ3n) is 3.05. The minimum atomic E-state index is 0.0902. The molecule has 0 radical (unpaired) electrons. The van der Waals surface area contributed by atoms with Crippen molar-refractivity contribution in [3.8, 4) is 0 Å². The summed E-state index contributed by atoms with van der Waals surface area (Å²) in [6.07, 6.45) is 0.899. The monoisotopic (exact) mass is 281 g/mol. The summed E-state index contributed by atoms with van der Waals surface area (Å²) < 4.78 is 0. The van der Waals surface area contributed by atoms with E-state index in [0.29, 0.717) is 4.83 Å². The number of nitrogens with zero attached hydrogens (tertiary/aromatic N) is 1. The van der Waals surface area contributed by atoms with Crippen LogP contribution in [0.1, 0.15) is 24.0 Å². The number of benzene rings is 1. The van der Waals surface area contributed by atoms with E-state index < -0.39 is 0 Å². The minimum Gasteiger partial charge on any atom is -0.344 e. The molecule has 0 fully saturated rings. The van der Waals surface area contributed by atoms with E-state index in [1.807, 2.05) is 24.1 Å². The molecule has 1 aliphatic rings. The van der Waals surface area contributed by atoms with E-state index in [4.69, 9.17) is 0 Å². The van der Waals surface area contributed by atoms with Crippen LogP contribution in [0.25, 0.3) is 0 Å². The Kier molecular flexibility index (Phi) is 3.33. The van der Waals surface area contributed by atoms with Gasteiger partial charge in [0.05, 0.1) is 5.92 Å². The van der Waals surface area contributed by atoms with Crippen molar-refractivity contribution >= 4 is 21.8 Å². The number of alkyl halides is 1.